The molecule has 0 aromatic heterocycles. The molecule has 0 radical (unpaired) electrons. The van der Waals surface area contributed by atoms with Crippen molar-refractivity contribution in [2.75, 3.05) is 54.1 Å². The summed E-state index contributed by atoms with van der Waals surface area (Å²) in [6.45, 7) is 5.47. The summed E-state index contributed by atoms with van der Waals surface area (Å²) < 4.78 is 34.7. The van der Waals surface area contributed by atoms with Crippen LogP contribution in [0.1, 0.15) is 258 Å². The number of unbranched alkanes of at least 4 members (excludes halogenated alkanes) is 35. The maximum atomic E-state index is 12.7. The lowest BCUT2D eigenvalue weighted by Gasteiger charge is -2.28. The molecule has 0 aromatic carbocycles. The summed E-state index contributed by atoms with van der Waals surface area (Å²) in [6.07, 6.45) is 48.6. The molecule has 0 saturated heterocycles. The van der Waals surface area contributed by atoms with Gasteiger partial charge in [-0.05, 0) is 12.8 Å². The molecule has 59 heavy (non-hydrogen) atoms. The second-order valence-corrected chi connectivity index (χ2v) is 20.3. The summed E-state index contributed by atoms with van der Waals surface area (Å²) >= 11 is 0. The van der Waals surface area contributed by atoms with Crippen LogP contribution < -0.4 is 4.89 Å². The molecule has 0 saturated carbocycles. The van der Waals surface area contributed by atoms with E-state index in [1.54, 1.807) is 0 Å². The van der Waals surface area contributed by atoms with Gasteiger partial charge in [0.2, 0.25) is 0 Å². The average molecular weight is 860 g/mol. The normalized spacial score (nSPS) is 13.5. The van der Waals surface area contributed by atoms with E-state index < -0.39 is 13.9 Å². The number of hydrogen-bond donors (Lipinski definition) is 0. The molecule has 354 valence electrons. The Morgan fingerprint density at radius 1 is 0.458 bits per heavy atom. The minimum absolute atomic E-state index is 0.0314. The molecule has 0 N–H and O–H groups in total. The minimum atomic E-state index is -4.52. The Labute approximate surface area is 368 Å². The van der Waals surface area contributed by atoms with Crippen LogP contribution >= 0.6 is 7.82 Å². The van der Waals surface area contributed by atoms with E-state index in [-0.39, 0.29) is 25.8 Å². The smallest absolute Gasteiger partial charge is 0.306 e. The van der Waals surface area contributed by atoms with E-state index in [0.29, 0.717) is 24.1 Å². The van der Waals surface area contributed by atoms with Crippen LogP contribution in [-0.4, -0.2) is 70.7 Å². The largest absolute Gasteiger partial charge is 0.756 e. The van der Waals surface area contributed by atoms with Crippen LogP contribution in [-0.2, 0) is 27.9 Å². The zero-order valence-corrected chi connectivity index (χ0v) is 41.1. The van der Waals surface area contributed by atoms with Crippen LogP contribution in [0.5, 0.6) is 0 Å². The second kappa shape index (κ2) is 44.1. The maximum absolute atomic E-state index is 12.7. The molecule has 8 nitrogen and oxygen atoms in total. The Balaban J connectivity index is 3.94. The van der Waals surface area contributed by atoms with Gasteiger partial charge in [0.1, 0.15) is 19.3 Å². The average Bonchev–Trinajstić information content (AvgIpc) is 3.19. The predicted molar refractivity (Wildman–Crippen MR) is 250 cm³/mol. The number of phosphoric ester groups is 1. The van der Waals surface area contributed by atoms with Crippen LogP contribution in [0, 0.1) is 0 Å². The maximum Gasteiger partial charge on any atom is 0.306 e. The molecule has 0 aliphatic rings. The monoisotopic (exact) mass is 860 g/mol. The van der Waals surface area contributed by atoms with E-state index in [4.69, 9.17) is 18.5 Å². The molecule has 2 atom stereocenters. The van der Waals surface area contributed by atoms with Crippen LogP contribution in [0.25, 0.3) is 0 Å². The number of quaternary nitrogens is 1. The van der Waals surface area contributed by atoms with Crippen LogP contribution in [0.3, 0.4) is 0 Å². The molecule has 0 bridgehead atoms. The van der Waals surface area contributed by atoms with Crippen molar-refractivity contribution >= 4 is 13.8 Å². The summed E-state index contributed by atoms with van der Waals surface area (Å²) in [5, 5.41) is 0. The number of nitrogens with zero attached hydrogens (tertiary/aromatic N) is 1. The molecule has 2 unspecified atom stereocenters. The Kier molecular flexibility index (Phi) is 43.7. The number of carbonyl (C=O) groups excluding carboxylic acids is 1. The highest BCUT2D eigenvalue weighted by atomic mass is 31.2. The van der Waals surface area contributed by atoms with E-state index in [9.17, 15) is 14.3 Å². The Hall–Kier alpha value is -0.500. The number of esters is 1. The molecule has 0 aromatic rings. The molecule has 0 heterocycles. The van der Waals surface area contributed by atoms with Crippen molar-refractivity contribution in [3.8, 4) is 0 Å². The highest BCUT2D eigenvalue weighted by Gasteiger charge is 2.20. The third kappa shape index (κ3) is 48.4. The molecular formula is C50H102NO7P. The summed E-state index contributed by atoms with van der Waals surface area (Å²) in [5.74, 6) is -0.329. The minimum Gasteiger partial charge on any atom is -0.756 e. The molecule has 9 heteroatoms. The molecule has 0 amide bonds. The first kappa shape index (κ1) is 58.5. The second-order valence-electron chi connectivity index (χ2n) is 18.9. The molecule has 0 aliphatic heterocycles. The molecule has 0 fully saturated rings. The quantitative estimate of drug-likeness (QED) is 0.0260. The fraction of sp³-hybridized carbons (Fsp3) is 0.980. The summed E-state index contributed by atoms with van der Waals surface area (Å²) in [6, 6.07) is 0. The lowest BCUT2D eigenvalue weighted by molar-refractivity contribution is -0.870. The molecule has 0 rings (SSSR count). The van der Waals surface area contributed by atoms with Gasteiger partial charge in [0.15, 0.2) is 0 Å². The van der Waals surface area contributed by atoms with Crippen molar-refractivity contribution in [1.82, 2.24) is 0 Å². The van der Waals surface area contributed by atoms with Gasteiger partial charge >= 0.3 is 5.97 Å². The molecule has 0 aliphatic carbocycles. The topological polar surface area (TPSA) is 94.1 Å². The third-order valence-electron chi connectivity index (χ3n) is 11.7. The van der Waals surface area contributed by atoms with Crippen molar-refractivity contribution in [3.63, 3.8) is 0 Å². The van der Waals surface area contributed by atoms with Crippen molar-refractivity contribution in [3.05, 3.63) is 0 Å². The first-order valence-electron chi connectivity index (χ1n) is 25.8. The fourth-order valence-corrected chi connectivity index (χ4v) is 8.40. The van der Waals surface area contributed by atoms with Gasteiger partial charge in [0.05, 0.1) is 34.4 Å². The number of ether oxygens (including phenoxy) is 2. The van der Waals surface area contributed by atoms with Crippen molar-refractivity contribution in [2.45, 2.75) is 264 Å². The van der Waals surface area contributed by atoms with Gasteiger partial charge in [-0.15, -0.1) is 0 Å². The predicted octanol–water partition coefficient (Wildman–Crippen LogP) is 15.0. The number of carbonyl (C=O) groups is 1. The number of phosphoric acid groups is 1. The highest BCUT2D eigenvalue weighted by Crippen LogP contribution is 2.38. The van der Waals surface area contributed by atoms with Crippen molar-refractivity contribution in [2.24, 2.45) is 0 Å². The number of hydrogen-bond acceptors (Lipinski definition) is 7. The lowest BCUT2D eigenvalue weighted by Crippen LogP contribution is -2.37. The van der Waals surface area contributed by atoms with Crippen molar-refractivity contribution < 1.29 is 37.3 Å². The highest BCUT2D eigenvalue weighted by molar-refractivity contribution is 7.45. The zero-order chi connectivity index (χ0) is 43.4. The van der Waals surface area contributed by atoms with E-state index in [1.807, 2.05) is 21.1 Å². The summed E-state index contributed by atoms with van der Waals surface area (Å²) in [4.78, 5) is 25.1. The fourth-order valence-electron chi connectivity index (χ4n) is 7.67. The summed E-state index contributed by atoms with van der Waals surface area (Å²) in [7, 11) is 1.38. The Morgan fingerprint density at radius 2 is 0.780 bits per heavy atom. The van der Waals surface area contributed by atoms with E-state index >= 15 is 0 Å². The van der Waals surface area contributed by atoms with E-state index in [2.05, 4.69) is 13.8 Å². The van der Waals surface area contributed by atoms with Crippen LogP contribution in [0.4, 0.5) is 0 Å². The van der Waals surface area contributed by atoms with Gasteiger partial charge in [-0.2, -0.15) is 0 Å². The first-order valence-corrected chi connectivity index (χ1v) is 27.2. The molecular weight excluding hydrogens is 758 g/mol. The van der Waals surface area contributed by atoms with Crippen molar-refractivity contribution in [1.29, 1.82) is 0 Å². The third-order valence-corrected chi connectivity index (χ3v) is 12.6. The number of rotatable bonds is 49. The van der Waals surface area contributed by atoms with E-state index in [1.165, 1.54) is 205 Å². The van der Waals surface area contributed by atoms with E-state index in [0.717, 1.165) is 32.1 Å². The van der Waals surface area contributed by atoms with Gasteiger partial charge in [-0.3, -0.25) is 9.36 Å². The van der Waals surface area contributed by atoms with Gasteiger partial charge in [0, 0.05) is 13.0 Å². The Bertz CT molecular complexity index is 914. The van der Waals surface area contributed by atoms with Gasteiger partial charge < -0.3 is 27.9 Å². The van der Waals surface area contributed by atoms with Gasteiger partial charge in [-0.25, -0.2) is 0 Å². The zero-order valence-electron chi connectivity index (χ0n) is 40.2. The SMILES string of the molecule is CCCCCCCCCCCCCCCCCCCCCCCCCCCCOCC(COP(=O)([O-])OCC[N+](C)(C)C)OC(=O)CCCCCCCCCCCCC. The lowest BCUT2D eigenvalue weighted by atomic mass is 10.0. The Morgan fingerprint density at radius 3 is 1.12 bits per heavy atom. The van der Waals surface area contributed by atoms with Crippen LogP contribution in [0.15, 0.2) is 0 Å². The van der Waals surface area contributed by atoms with Gasteiger partial charge in [-0.1, -0.05) is 239 Å². The molecule has 0 spiro atoms. The number of likely N-dealkylation sites (N-methyl/N-ethyl adjacent to an activating group) is 1. The van der Waals surface area contributed by atoms with Crippen LogP contribution in [0.2, 0.25) is 0 Å². The van der Waals surface area contributed by atoms with Gasteiger partial charge in [0.25, 0.3) is 7.82 Å². The summed E-state index contributed by atoms with van der Waals surface area (Å²) in [5.41, 5.74) is 0. The first-order chi connectivity index (χ1) is 28.6. The standard InChI is InChI=1S/C50H102NO7P/c1-6-8-10-12-14-16-18-19-20-21-22-23-24-25-26-27-28-29-30-31-32-34-36-38-40-42-45-55-47-49(48-57-59(53,54)56-46-44-51(3,4)5)58-50(52)43-41-39-37-35-33-17-15-13-11-9-7-2/h49H,6-48H2,1-5H3.